The fourth-order valence-corrected chi connectivity index (χ4v) is 3.32. The second-order valence-electron chi connectivity index (χ2n) is 6.75. The summed E-state index contributed by atoms with van der Waals surface area (Å²) >= 11 is 0. The van der Waals surface area contributed by atoms with Crippen LogP contribution in [0, 0.1) is 0 Å². The first-order chi connectivity index (χ1) is 13.2. The Hall–Kier alpha value is -2.76. The molecule has 1 aromatic heterocycles. The number of aromatic nitrogens is 2. The van der Waals surface area contributed by atoms with Crippen LogP contribution >= 0.6 is 0 Å². The molecule has 0 radical (unpaired) electrons. The van der Waals surface area contributed by atoms with Crippen molar-refractivity contribution in [1.82, 2.24) is 14.9 Å². The Morgan fingerprint density at radius 1 is 1.04 bits per heavy atom. The van der Waals surface area contributed by atoms with Crippen molar-refractivity contribution >= 4 is 17.6 Å². The number of hydrogen-bond donors (Lipinski definition) is 0. The molecular weight excluding hydrogens is 340 g/mol. The third-order valence-electron chi connectivity index (χ3n) is 4.89. The summed E-state index contributed by atoms with van der Waals surface area (Å²) in [6.07, 6.45) is 6.14. The lowest BCUT2D eigenvalue weighted by atomic mass is 10.0. The number of amides is 1. The van der Waals surface area contributed by atoms with Crippen LogP contribution in [-0.2, 0) is 11.2 Å². The minimum Gasteiger partial charge on any atom is -0.339 e. The monoisotopic (exact) mass is 366 g/mol. The minimum absolute atomic E-state index is 0.160. The molecule has 0 unspecified atom stereocenters. The molecule has 142 valence electrons. The third kappa shape index (κ3) is 5.12. The van der Waals surface area contributed by atoms with Gasteiger partial charge in [0.2, 0.25) is 11.9 Å². The highest BCUT2D eigenvalue weighted by Crippen LogP contribution is 2.13. The van der Waals surface area contributed by atoms with E-state index in [4.69, 9.17) is 0 Å². The van der Waals surface area contributed by atoms with Crippen LogP contribution in [0.5, 0.6) is 0 Å². The van der Waals surface area contributed by atoms with Gasteiger partial charge >= 0.3 is 0 Å². The van der Waals surface area contributed by atoms with E-state index in [0.29, 0.717) is 25.9 Å². The lowest BCUT2D eigenvalue weighted by Crippen LogP contribution is -2.49. The van der Waals surface area contributed by atoms with E-state index >= 15 is 0 Å². The SMILES string of the molecule is CCC(=O)c1cccc(CCCC(=O)N2CCN(c3ncccn3)CC2)c1. The third-order valence-corrected chi connectivity index (χ3v) is 4.89. The number of rotatable bonds is 7. The number of carbonyl (C=O) groups excluding carboxylic acids is 2. The Bertz CT molecular complexity index is 771. The number of carbonyl (C=O) groups is 2. The quantitative estimate of drug-likeness (QED) is 0.705. The number of hydrogen-bond acceptors (Lipinski definition) is 5. The summed E-state index contributed by atoms with van der Waals surface area (Å²) in [7, 11) is 0. The number of anilines is 1. The number of ketones is 1. The molecule has 6 heteroatoms. The van der Waals surface area contributed by atoms with Crippen LogP contribution in [0.4, 0.5) is 5.95 Å². The van der Waals surface area contributed by atoms with Gasteiger partial charge in [-0.05, 0) is 30.5 Å². The summed E-state index contributed by atoms with van der Waals surface area (Å²) in [4.78, 5) is 36.9. The average molecular weight is 366 g/mol. The highest BCUT2D eigenvalue weighted by molar-refractivity contribution is 5.95. The highest BCUT2D eigenvalue weighted by Gasteiger charge is 2.22. The van der Waals surface area contributed by atoms with Crippen LogP contribution in [0.15, 0.2) is 42.7 Å². The largest absolute Gasteiger partial charge is 0.339 e. The van der Waals surface area contributed by atoms with Gasteiger partial charge < -0.3 is 9.80 Å². The van der Waals surface area contributed by atoms with E-state index in [-0.39, 0.29) is 11.7 Å². The minimum atomic E-state index is 0.160. The number of piperazine rings is 1. The van der Waals surface area contributed by atoms with Crippen LogP contribution in [0.1, 0.15) is 42.1 Å². The van der Waals surface area contributed by atoms with Crippen molar-refractivity contribution in [2.75, 3.05) is 31.1 Å². The summed E-state index contributed by atoms with van der Waals surface area (Å²) < 4.78 is 0. The van der Waals surface area contributed by atoms with E-state index in [2.05, 4.69) is 14.9 Å². The Morgan fingerprint density at radius 3 is 2.48 bits per heavy atom. The van der Waals surface area contributed by atoms with Gasteiger partial charge in [-0.15, -0.1) is 0 Å². The fraction of sp³-hybridized carbons (Fsp3) is 0.429. The second kappa shape index (κ2) is 9.26. The number of Topliss-reactive ketones (excluding diaryl/α,β-unsaturated/α-hetero) is 1. The van der Waals surface area contributed by atoms with E-state index in [1.54, 1.807) is 18.5 Å². The Kier molecular flexibility index (Phi) is 6.52. The van der Waals surface area contributed by atoms with Crippen molar-refractivity contribution in [2.45, 2.75) is 32.6 Å². The maximum atomic E-state index is 12.5. The van der Waals surface area contributed by atoms with Crippen molar-refractivity contribution in [3.8, 4) is 0 Å². The topological polar surface area (TPSA) is 66.4 Å². The molecule has 1 aliphatic rings. The van der Waals surface area contributed by atoms with Crippen molar-refractivity contribution in [2.24, 2.45) is 0 Å². The molecule has 1 aliphatic heterocycles. The smallest absolute Gasteiger partial charge is 0.225 e. The molecule has 0 aliphatic carbocycles. The van der Waals surface area contributed by atoms with Crippen molar-refractivity contribution in [1.29, 1.82) is 0 Å². The molecule has 1 aromatic carbocycles. The fourth-order valence-electron chi connectivity index (χ4n) is 3.32. The summed E-state index contributed by atoms with van der Waals surface area (Å²) in [5.41, 5.74) is 1.88. The molecule has 1 amide bonds. The molecular formula is C21H26N4O2. The molecule has 0 atom stereocenters. The summed E-state index contributed by atoms with van der Waals surface area (Å²) in [5.74, 6) is 1.09. The summed E-state index contributed by atoms with van der Waals surface area (Å²) in [6.45, 7) is 4.81. The molecule has 2 heterocycles. The van der Waals surface area contributed by atoms with Gasteiger partial charge in [-0.25, -0.2) is 9.97 Å². The molecule has 3 rings (SSSR count). The molecule has 0 spiro atoms. The van der Waals surface area contributed by atoms with Gasteiger partial charge in [0.15, 0.2) is 5.78 Å². The molecule has 6 nitrogen and oxygen atoms in total. The van der Waals surface area contributed by atoms with Crippen LogP contribution in [0.2, 0.25) is 0 Å². The van der Waals surface area contributed by atoms with Gasteiger partial charge in [-0.2, -0.15) is 0 Å². The van der Waals surface area contributed by atoms with Gasteiger partial charge in [0.05, 0.1) is 0 Å². The standard InChI is InChI=1S/C21H26N4O2/c1-2-19(26)18-8-3-6-17(16-18)7-4-9-20(27)24-12-14-25(15-13-24)21-22-10-5-11-23-21/h3,5-6,8,10-11,16H,2,4,7,9,12-15H2,1H3. The van der Waals surface area contributed by atoms with Gasteiger partial charge in [0, 0.05) is 57.0 Å². The zero-order chi connectivity index (χ0) is 19.1. The number of benzene rings is 1. The zero-order valence-electron chi connectivity index (χ0n) is 15.8. The predicted molar refractivity (Wildman–Crippen MR) is 105 cm³/mol. The van der Waals surface area contributed by atoms with E-state index in [9.17, 15) is 9.59 Å². The maximum absolute atomic E-state index is 12.5. The molecule has 2 aromatic rings. The van der Waals surface area contributed by atoms with Crippen LogP contribution in [0.25, 0.3) is 0 Å². The maximum Gasteiger partial charge on any atom is 0.225 e. The summed E-state index contributed by atoms with van der Waals surface area (Å²) in [5, 5.41) is 0. The van der Waals surface area contributed by atoms with Gasteiger partial charge in [-0.3, -0.25) is 9.59 Å². The second-order valence-corrected chi connectivity index (χ2v) is 6.75. The van der Waals surface area contributed by atoms with Crippen molar-refractivity contribution < 1.29 is 9.59 Å². The van der Waals surface area contributed by atoms with E-state index in [1.165, 1.54) is 0 Å². The normalized spacial score (nSPS) is 14.3. The lowest BCUT2D eigenvalue weighted by molar-refractivity contribution is -0.131. The number of aryl methyl sites for hydroxylation is 1. The van der Waals surface area contributed by atoms with Gasteiger partial charge in [-0.1, -0.05) is 25.1 Å². The van der Waals surface area contributed by atoms with Crippen LogP contribution < -0.4 is 4.90 Å². The molecule has 0 bridgehead atoms. The first-order valence-electron chi connectivity index (χ1n) is 9.59. The van der Waals surface area contributed by atoms with E-state index < -0.39 is 0 Å². The average Bonchev–Trinajstić information content (AvgIpc) is 2.74. The molecule has 1 fully saturated rings. The lowest BCUT2D eigenvalue weighted by Gasteiger charge is -2.34. The predicted octanol–water partition coefficient (Wildman–Crippen LogP) is 2.74. The van der Waals surface area contributed by atoms with Gasteiger partial charge in [0.1, 0.15) is 0 Å². The molecule has 27 heavy (non-hydrogen) atoms. The molecule has 0 N–H and O–H groups in total. The van der Waals surface area contributed by atoms with Crippen LogP contribution in [0.3, 0.4) is 0 Å². The van der Waals surface area contributed by atoms with Crippen LogP contribution in [-0.4, -0.2) is 52.7 Å². The number of nitrogens with zero attached hydrogens (tertiary/aromatic N) is 4. The first kappa shape index (κ1) is 19.0. The summed E-state index contributed by atoms with van der Waals surface area (Å²) in [6, 6.07) is 9.56. The Labute approximate surface area is 160 Å². The Balaban J connectivity index is 1.43. The van der Waals surface area contributed by atoms with Gasteiger partial charge in [0.25, 0.3) is 0 Å². The van der Waals surface area contributed by atoms with E-state index in [0.717, 1.165) is 43.0 Å². The highest BCUT2D eigenvalue weighted by atomic mass is 16.2. The molecule has 1 saturated heterocycles. The molecule has 0 saturated carbocycles. The van der Waals surface area contributed by atoms with Crippen molar-refractivity contribution in [3.05, 3.63) is 53.9 Å². The zero-order valence-corrected chi connectivity index (χ0v) is 15.8. The van der Waals surface area contributed by atoms with Crippen molar-refractivity contribution in [3.63, 3.8) is 0 Å². The first-order valence-corrected chi connectivity index (χ1v) is 9.59. The Morgan fingerprint density at radius 2 is 1.78 bits per heavy atom. The van der Waals surface area contributed by atoms with E-state index in [1.807, 2.05) is 36.1 Å².